The smallest absolute Gasteiger partial charge is 0.269 e. The van der Waals surface area contributed by atoms with E-state index in [2.05, 4.69) is 5.32 Å². The van der Waals surface area contributed by atoms with Crippen LogP contribution in [0.4, 0.5) is 17.1 Å². The van der Waals surface area contributed by atoms with Gasteiger partial charge in [-0.2, -0.15) is 0 Å². The van der Waals surface area contributed by atoms with Crippen LogP contribution in [0.25, 0.3) is 0 Å². The molecule has 0 spiro atoms. The number of nitrogens with zero attached hydrogens (tertiary/aromatic N) is 1. The fourth-order valence-electron chi connectivity index (χ4n) is 1.38. The Balaban J connectivity index is 2.00. The Morgan fingerprint density at radius 1 is 1.29 bits per heavy atom. The molecule has 0 saturated carbocycles. The average molecular weight is 249 g/mol. The summed E-state index contributed by atoms with van der Waals surface area (Å²) in [6.45, 7) is 0.626. The van der Waals surface area contributed by atoms with Crippen molar-refractivity contribution in [2.45, 2.75) is 6.54 Å². The molecule has 1 aromatic heterocycles. The second-order valence-electron chi connectivity index (χ2n) is 3.46. The van der Waals surface area contributed by atoms with E-state index in [1.54, 1.807) is 23.5 Å². The van der Waals surface area contributed by atoms with Gasteiger partial charge >= 0.3 is 0 Å². The van der Waals surface area contributed by atoms with Crippen molar-refractivity contribution in [1.82, 2.24) is 0 Å². The number of nitrogens with one attached hydrogen (secondary N) is 1. The molecule has 2 rings (SSSR count). The monoisotopic (exact) mass is 249 g/mol. The summed E-state index contributed by atoms with van der Waals surface area (Å²) in [5, 5.41) is 15.6. The number of nitrogens with two attached hydrogens (primary N) is 1. The van der Waals surface area contributed by atoms with Gasteiger partial charge in [-0.25, -0.2) is 0 Å². The molecule has 0 fully saturated rings. The van der Waals surface area contributed by atoms with Crippen LogP contribution in [0.1, 0.15) is 4.88 Å². The lowest BCUT2D eigenvalue weighted by Gasteiger charge is -2.05. The van der Waals surface area contributed by atoms with Gasteiger partial charge in [-0.15, -0.1) is 11.3 Å². The highest BCUT2D eigenvalue weighted by Gasteiger charge is 2.04. The highest BCUT2D eigenvalue weighted by Crippen LogP contribution is 2.21. The molecule has 0 radical (unpaired) electrons. The minimum atomic E-state index is -0.416. The Kier molecular flexibility index (Phi) is 3.24. The normalized spacial score (nSPS) is 10.1. The Bertz CT molecular complexity index is 522. The zero-order valence-corrected chi connectivity index (χ0v) is 9.74. The number of nitrogen functional groups attached to an aromatic ring is 1. The van der Waals surface area contributed by atoms with E-state index < -0.39 is 4.92 Å². The minimum absolute atomic E-state index is 0.0891. The zero-order chi connectivity index (χ0) is 12.3. The van der Waals surface area contributed by atoms with Crippen LogP contribution < -0.4 is 11.1 Å². The first-order chi connectivity index (χ1) is 8.16. The van der Waals surface area contributed by atoms with Gasteiger partial charge in [-0.3, -0.25) is 10.1 Å². The third-order valence-corrected chi connectivity index (χ3v) is 3.25. The first-order valence-electron chi connectivity index (χ1n) is 4.97. The molecule has 88 valence electrons. The zero-order valence-electron chi connectivity index (χ0n) is 8.92. The maximum atomic E-state index is 10.5. The third-order valence-electron chi connectivity index (χ3n) is 2.31. The number of non-ortho nitro benzene ring substituents is 1. The first-order valence-corrected chi connectivity index (χ1v) is 5.85. The molecule has 1 heterocycles. The number of hydrogen-bond donors (Lipinski definition) is 2. The van der Waals surface area contributed by atoms with Crippen molar-refractivity contribution in [2.24, 2.45) is 0 Å². The molecule has 0 aliphatic rings. The summed E-state index contributed by atoms with van der Waals surface area (Å²) in [7, 11) is 0. The molecule has 0 aliphatic heterocycles. The maximum Gasteiger partial charge on any atom is 0.269 e. The minimum Gasteiger partial charge on any atom is -0.398 e. The largest absolute Gasteiger partial charge is 0.398 e. The summed E-state index contributed by atoms with van der Waals surface area (Å²) in [6, 6.07) is 8.17. The lowest BCUT2D eigenvalue weighted by molar-refractivity contribution is -0.384. The molecule has 0 aliphatic carbocycles. The number of thiophene rings is 1. The number of anilines is 2. The number of nitro groups is 1. The number of rotatable bonds is 4. The molecule has 17 heavy (non-hydrogen) atoms. The van der Waals surface area contributed by atoms with Gasteiger partial charge in [0.2, 0.25) is 0 Å². The molecule has 2 aromatic rings. The quantitative estimate of drug-likeness (QED) is 0.644. The van der Waals surface area contributed by atoms with Crippen molar-refractivity contribution < 1.29 is 4.92 Å². The van der Waals surface area contributed by atoms with Gasteiger partial charge in [0.15, 0.2) is 0 Å². The van der Waals surface area contributed by atoms with Gasteiger partial charge in [-0.05, 0) is 23.6 Å². The molecule has 1 aromatic carbocycles. The van der Waals surface area contributed by atoms with Gasteiger partial charge in [0, 0.05) is 28.4 Å². The third kappa shape index (κ3) is 2.73. The van der Waals surface area contributed by atoms with E-state index in [-0.39, 0.29) is 5.69 Å². The molecule has 0 bridgehead atoms. The van der Waals surface area contributed by atoms with Crippen LogP contribution in [0.5, 0.6) is 0 Å². The summed E-state index contributed by atoms with van der Waals surface area (Å²) in [6.07, 6.45) is 0. The molecule has 6 heteroatoms. The average Bonchev–Trinajstić information content (AvgIpc) is 2.73. The van der Waals surface area contributed by atoms with Crippen molar-refractivity contribution in [3.8, 4) is 0 Å². The van der Waals surface area contributed by atoms with Crippen molar-refractivity contribution in [2.75, 3.05) is 11.1 Å². The van der Waals surface area contributed by atoms with Gasteiger partial charge < -0.3 is 11.1 Å². The van der Waals surface area contributed by atoms with Crippen LogP contribution in [0, 0.1) is 10.1 Å². The molecule has 0 atom stereocenters. The molecule has 5 nitrogen and oxygen atoms in total. The summed E-state index contributed by atoms with van der Waals surface area (Å²) < 4.78 is 0. The summed E-state index contributed by atoms with van der Waals surface area (Å²) in [5.41, 5.74) is 7.44. The standard InChI is InChI=1S/C11H11N3O2S/c12-10-5-6-17-11(10)7-13-8-1-3-9(4-2-8)14(15)16/h1-6,13H,7,12H2. The predicted octanol–water partition coefficient (Wildman–Crippen LogP) is 2.85. The second kappa shape index (κ2) is 4.84. The fourth-order valence-corrected chi connectivity index (χ4v) is 2.12. The lowest BCUT2D eigenvalue weighted by atomic mass is 10.3. The van der Waals surface area contributed by atoms with E-state index in [0.29, 0.717) is 6.54 Å². The SMILES string of the molecule is Nc1ccsc1CNc1ccc([N+](=O)[O-])cc1. The van der Waals surface area contributed by atoms with E-state index in [0.717, 1.165) is 16.3 Å². The molecular weight excluding hydrogens is 238 g/mol. The lowest BCUT2D eigenvalue weighted by Crippen LogP contribution is -1.99. The molecule has 0 unspecified atom stereocenters. The van der Waals surface area contributed by atoms with Gasteiger partial charge in [0.1, 0.15) is 0 Å². The highest BCUT2D eigenvalue weighted by atomic mass is 32.1. The van der Waals surface area contributed by atoms with E-state index >= 15 is 0 Å². The molecular formula is C11H11N3O2S. The van der Waals surface area contributed by atoms with Crippen LogP contribution in [-0.2, 0) is 6.54 Å². The van der Waals surface area contributed by atoms with E-state index in [4.69, 9.17) is 5.73 Å². The summed E-state index contributed by atoms with van der Waals surface area (Å²) in [4.78, 5) is 11.1. The number of nitro benzene ring substituents is 1. The van der Waals surface area contributed by atoms with E-state index in [9.17, 15) is 10.1 Å². The summed E-state index contributed by atoms with van der Waals surface area (Å²) in [5.74, 6) is 0. The molecule has 3 N–H and O–H groups in total. The van der Waals surface area contributed by atoms with Crippen molar-refractivity contribution in [3.63, 3.8) is 0 Å². The predicted molar refractivity (Wildman–Crippen MR) is 69.2 cm³/mol. The maximum absolute atomic E-state index is 10.5. The Labute approximate surface area is 102 Å². The molecule has 0 saturated heterocycles. The topological polar surface area (TPSA) is 81.2 Å². The number of hydrogen-bond acceptors (Lipinski definition) is 5. The van der Waals surface area contributed by atoms with E-state index in [1.807, 2.05) is 11.4 Å². The van der Waals surface area contributed by atoms with E-state index in [1.165, 1.54) is 12.1 Å². The van der Waals surface area contributed by atoms with Crippen LogP contribution in [0.2, 0.25) is 0 Å². The number of benzene rings is 1. The van der Waals surface area contributed by atoms with Crippen LogP contribution in [-0.4, -0.2) is 4.92 Å². The van der Waals surface area contributed by atoms with Crippen LogP contribution in [0.3, 0.4) is 0 Å². The fraction of sp³-hybridized carbons (Fsp3) is 0.0909. The van der Waals surface area contributed by atoms with Crippen molar-refractivity contribution >= 4 is 28.4 Å². The second-order valence-corrected chi connectivity index (χ2v) is 4.46. The summed E-state index contributed by atoms with van der Waals surface area (Å²) >= 11 is 1.58. The van der Waals surface area contributed by atoms with Gasteiger partial charge in [0.05, 0.1) is 11.5 Å². The van der Waals surface area contributed by atoms with Crippen molar-refractivity contribution in [3.05, 3.63) is 50.7 Å². The Morgan fingerprint density at radius 2 is 2.00 bits per heavy atom. The van der Waals surface area contributed by atoms with Gasteiger partial charge in [-0.1, -0.05) is 0 Å². The highest BCUT2D eigenvalue weighted by molar-refractivity contribution is 7.10. The molecule has 0 amide bonds. The van der Waals surface area contributed by atoms with Crippen LogP contribution >= 0.6 is 11.3 Å². The van der Waals surface area contributed by atoms with Gasteiger partial charge in [0.25, 0.3) is 5.69 Å². The van der Waals surface area contributed by atoms with Crippen molar-refractivity contribution in [1.29, 1.82) is 0 Å². The Morgan fingerprint density at radius 3 is 2.53 bits per heavy atom. The Hall–Kier alpha value is -2.08. The van der Waals surface area contributed by atoms with Crippen LogP contribution in [0.15, 0.2) is 35.7 Å². The first kappa shape index (κ1) is 11.4.